The Kier molecular flexibility index (Phi) is 7.47. The van der Waals surface area contributed by atoms with E-state index in [2.05, 4.69) is 47.0 Å². The normalized spacial score (nSPS) is 12.4. The van der Waals surface area contributed by atoms with E-state index in [1.54, 1.807) is 28.4 Å². The van der Waals surface area contributed by atoms with Crippen molar-refractivity contribution < 1.29 is 4.79 Å². The van der Waals surface area contributed by atoms with Gasteiger partial charge in [-0.1, -0.05) is 26.0 Å². The molecule has 0 aliphatic carbocycles. The SMILES string of the molecule is CCN(CC)CCC[C@@H](C)NC(=O)c1nn(-c2ccccn2)c2nccc(-c3cccs3)c12. The first kappa shape index (κ1) is 23.1. The van der Waals surface area contributed by atoms with Gasteiger partial charge in [0.05, 0.1) is 5.39 Å². The van der Waals surface area contributed by atoms with E-state index in [4.69, 9.17) is 5.10 Å². The molecule has 0 saturated carbocycles. The smallest absolute Gasteiger partial charge is 0.272 e. The second-order valence-corrected chi connectivity index (χ2v) is 8.97. The third kappa shape index (κ3) is 5.12. The van der Waals surface area contributed by atoms with Gasteiger partial charge < -0.3 is 10.2 Å². The van der Waals surface area contributed by atoms with Crippen molar-refractivity contribution in [3.63, 3.8) is 0 Å². The third-order valence-corrected chi connectivity index (χ3v) is 6.72. The molecule has 1 atom stereocenters. The molecule has 4 aromatic heterocycles. The molecule has 172 valence electrons. The predicted molar refractivity (Wildman–Crippen MR) is 134 cm³/mol. The van der Waals surface area contributed by atoms with Gasteiger partial charge >= 0.3 is 0 Å². The van der Waals surface area contributed by atoms with Gasteiger partial charge in [-0.25, -0.2) is 9.97 Å². The summed E-state index contributed by atoms with van der Waals surface area (Å²) in [4.78, 5) is 25.9. The first-order chi connectivity index (χ1) is 16.1. The fourth-order valence-electron chi connectivity index (χ4n) is 4.00. The minimum absolute atomic E-state index is 0.0463. The second kappa shape index (κ2) is 10.7. The van der Waals surface area contributed by atoms with Crippen LogP contribution in [0.2, 0.25) is 0 Å². The van der Waals surface area contributed by atoms with Crippen LogP contribution in [-0.2, 0) is 0 Å². The van der Waals surface area contributed by atoms with Crippen LogP contribution >= 0.6 is 11.3 Å². The zero-order valence-electron chi connectivity index (χ0n) is 19.4. The zero-order valence-corrected chi connectivity index (χ0v) is 20.2. The Morgan fingerprint density at radius 2 is 1.97 bits per heavy atom. The van der Waals surface area contributed by atoms with E-state index in [1.807, 2.05) is 35.7 Å². The van der Waals surface area contributed by atoms with E-state index < -0.39 is 0 Å². The summed E-state index contributed by atoms with van der Waals surface area (Å²) in [5.74, 6) is 0.445. The second-order valence-electron chi connectivity index (χ2n) is 8.03. The van der Waals surface area contributed by atoms with Gasteiger partial charge in [0.1, 0.15) is 0 Å². The Hall–Kier alpha value is -3.10. The number of pyridine rings is 2. The molecule has 1 N–H and O–H groups in total. The van der Waals surface area contributed by atoms with Crippen molar-refractivity contribution in [3.8, 4) is 16.3 Å². The molecule has 4 rings (SSSR count). The molecule has 0 unspecified atom stereocenters. The Labute approximate surface area is 198 Å². The third-order valence-electron chi connectivity index (χ3n) is 5.82. The van der Waals surface area contributed by atoms with E-state index in [9.17, 15) is 4.79 Å². The number of nitrogens with one attached hydrogen (secondary N) is 1. The van der Waals surface area contributed by atoms with Crippen LogP contribution in [0.15, 0.2) is 54.2 Å². The summed E-state index contributed by atoms with van der Waals surface area (Å²) in [7, 11) is 0. The lowest BCUT2D eigenvalue weighted by atomic mass is 10.1. The van der Waals surface area contributed by atoms with Gasteiger partial charge in [-0.05, 0) is 69.0 Å². The van der Waals surface area contributed by atoms with Crippen molar-refractivity contribution in [2.75, 3.05) is 19.6 Å². The van der Waals surface area contributed by atoms with Gasteiger partial charge in [-0.15, -0.1) is 11.3 Å². The number of amides is 1. The molecule has 8 heteroatoms. The standard InChI is InChI=1S/C25H30N6OS/c1-4-30(5-2)16-8-10-18(3)28-25(32)23-22-19(20-11-9-17-33-20)13-15-27-24(22)31(29-23)21-12-6-7-14-26-21/h6-7,9,11-15,17-18H,4-5,8,10,16H2,1-3H3,(H,28,32)/t18-/m1/s1. The van der Waals surface area contributed by atoms with Crippen LogP contribution in [0.5, 0.6) is 0 Å². The number of fused-ring (bicyclic) bond motifs is 1. The molecule has 1 amide bonds. The van der Waals surface area contributed by atoms with Crippen LogP contribution in [0.3, 0.4) is 0 Å². The highest BCUT2D eigenvalue weighted by Gasteiger charge is 2.24. The van der Waals surface area contributed by atoms with Crippen LogP contribution in [0.25, 0.3) is 27.3 Å². The fraction of sp³-hybridized carbons (Fsp3) is 0.360. The summed E-state index contributed by atoms with van der Waals surface area (Å²) in [6, 6.07) is 11.7. The molecule has 0 spiro atoms. The molecule has 33 heavy (non-hydrogen) atoms. The van der Waals surface area contributed by atoms with Crippen molar-refractivity contribution in [3.05, 3.63) is 59.9 Å². The highest BCUT2D eigenvalue weighted by Crippen LogP contribution is 2.33. The number of nitrogens with zero attached hydrogens (tertiary/aromatic N) is 5. The Bertz CT molecular complexity index is 1180. The van der Waals surface area contributed by atoms with Gasteiger partial charge in [0.15, 0.2) is 17.2 Å². The molecule has 0 saturated heterocycles. The highest BCUT2D eigenvalue weighted by molar-refractivity contribution is 7.13. The predicted octanol–water partition coefficient (Wildman–Crippen LogP) is 4.78. The van der Waals surface area contributed by atoms with Crippen LogP contribution in [0.4, 0.5) is 0 Å². The molecule has 0 aliphatic rings. The lowest BCUT2D eigenvalue weighted by Crippen LogP contribution is -2.34. The molecule has 0 aromatic carbocycles. The highest BCUT2D eigenvalue weighted by atomic mass is 32.1. The average Bonchev–Trinajstić information content (AvgIpc) is 3.51. The molecule has 0 aliphatic heterocycles. The first-order valence-corrected chi connectivity index (χ1v) is 12.4. The van der Waals surface area contributed by atoms with Gasteiger partial charge in [-0.2, -0.15) is 9.78 Å². The topological polar surface area (TPSA) is 75.9 Å². The summed E-state index contributed by atoms with van der Waals surface area (Å²) in [6.45, 7) is 9.54. The van der Waals surface area contributed by atoms with Crippen LogP contribution < -0.4 is 5.32 Å². The van der Waals surface area contributed by atoms with Crippen molar-refractivity contribution in [2.45, 2.75) is 39.7 Å². The fourth-order valence-corrected chi connectivity index (χ4v) is 4.76. The van der Waals surface area contributed by atoms with E-state index in [-0.39, 0.29) is 11.9 Å². The lowest BCUT2D eigenvalue weighted by Gasteiger charge is -2.19. The average molecular weight is 463 g/mol. The van der Waals surface area contributed by atoms with Crippen LogP contribution in [-0.4, -0.2) is 56.2 Å². The van der Waals surface area contributed by atoms with E-state index in [0.29, 0.717) is 17.2 Å². The summed E-state index contributed by atoms with van der Waals surface area (Å²) < 4.78 is 1.66. The minimum atomic E-state index is -0.184. The van der Waals surface area contributed by atoms with Gasteiger partial charge in [0, 0.05) is 28.9 Å². The number of hydrogen-bond donors (Lipinski definition) is 1. The molecular weight excluding hydrogens is 432 g/mol. The van der Waals surface area contributed by atoms with Crippen molar-refractivity contribution in [1.82, 2.24) is 30.0 Å². The monoisotopic (exact) mass is 462 g/mol. The number of aromatic nitrogens is 4. The summed E-state index contributed by atoms with van der Waals surface area (Å²) in [5.41, 5.74) is 1.96. The Balaban J connectivity index is 1.66. The number of carbonyl (C=O) groups excluding carboxylic acids is 1. The number of hydrogen-bond acceptors (Lipinski definition) is 6. The molecule has 7 nitrogen and oxygen atoms in total. The van der Waals surface area contributed by atoms with Crippen molar-refractivity contribution >= 4 is 28.3 Å². The maximum Gasteiger partial charge on any atom is 0.272 e. The van der Waals surface area contributed by atoms with E-state index in [0.717, 1.165) is 48.3 Å². The lowest BCUT2D eigenvalue weighted by molar-refractivity contribution is 0.0933. The maximum atomic E-state index is 13.4. The molecule has 4 aromatic rings. The molecule has 0 bridgehead atoms. The van der Waals surface area contributed by atoms with Crippen LogP contribution in [0.1, 0.15) is 44.1 Å². The van der Waals surface area contributed by atoms with Gasteiger partial charge in [0.25, 0.3) is 5.91 Å². The van der Waals surface area contributed by atoms with Crippen LogP contribution in [0, 0.1) is 0 Å². The quantitative estimate of drug-likeness (QED) is 0.367. The Morgan fingerprint density at radius 1 is 1.12 bits per heavy atom. The van der Waals surface area contributed by atoms with Gasteiger partial charge in [0.2, 0.25) is 0 Å². The minimum Gasteiger partial charge on any atom is -0.348 e. The van der Waals surface area contributed by atoms with E-state index in [1.165, 1.54) is 0 Å². The molecule has 0 radical (unpaired) electrons. The summed E-state index contributed by atoms with van der Waals surface area (Å²) >= 11 is 1.63. The molecule has 4 heterocycles. The zero-order chi connectivity index (χ0) is 23.2. The number of carbonyl (C=O) groups is 1. The van der Waals surface area contributed by atoms with E-state index >= 15 is 0 Å². The summed E-state index contributed by atoms with van der Waals surface area (Å²) in [5, 5.41) is 10.6. The van der Waals surface area contributed by atoms with Crippen molar-refractivity contribution in [1.29, 1.82) is 0 Å². The Morgan fingerprint density at radius 3 is 2.67 bits per heavy atom. The largest absolute Gasteiger partial charge is 0.348 e. The number of thiophene rings is 1. The molecular formula is C25H30N6OS. The first-order valence-electron chi connectivity index (χ1n) is 11.5. The molecule has 0 fully saturated rings. The van der Waals surface area contributed by atoms with Gasteiger partial charge in [-0.3, -0.25) is 4.79 Å². The number of rotatable bonds is 10. The van der Waals surface area contributed by atoms with Crippen molar-refractivity contribution in [2.24, 2.45) is 0 Å². The maximum absolute atomic E-state index is 13.4. The summed E-state index contributed by atoms with van der Waals surface area (Å²) in [6.07, 6.45) is 5.42.